The van der Waals surface area contributed by atoms with Crippen LogP contribution >= 0.6 is 7.60 Å². The molecule has 0 heterocycles. The highest BCUT2D eigenvalue weighted by Gasteiger charge is 2.23. The van der Waals surface area contributed by atoms with Crippen molar-refractivity contribution >= 4 is 7.60 Å². The molecular weight excluding hydrogens is 179 g/mol. The lowest BCUT2D eigenvalue weighted by molar-refractivity contribution is 0.0908. The second-order valence-corrected chi connectivity index (χ2v) is 5.72. The highest BCUT2D eigenvalue weighted by molar-refractivity contribution is 7.52. The molecule has 0 spiro atoms. The zero-order valence-electron chi connectivity index (χ0n) is 7.78. The molecule has 2 N–H and O–H groups in total. The van der Waals surface area contributed by atoms with Crippen LogP contribution in [0.5, 0.6) is 0 Å². The molecule has 0 aromatic carbocycles. The summed E-state index contributed by atoms with van der Waals surface area (Å²) in [6.45, 7) is 5.17. The van der Waals surface area contributed by atoms with Gasteiger partial charge in [0.1, 0.15) is 0 Å². The van der Waals surface area contributed by atoms with Gasteiger partial charge in [-0.3, -0.25) is 4.57 Å². The number of hydrogen-bond donors (Lipinski definition) is 2. The van der Waals surface area contributed by atoms with Crippen LogP contribution in [0.2, 0.25) is 0 Å². The van der Waals surface area contributed by atoms with Gasteiger partial charge in [-0.25, -0.2) is 0 Å². The van der Waals surface area contributed by atoms with E-state index in [1.54, 1.807) is 20.8 Å². The minimum Gasteiger partial charge on any atom is -0.396 e. The molecule has 0 rings (SSSR count). The predicted molar refractivity (Wildman–Crippen MR) is 47.2 cm³/mol. The van der Waals surface area contributed by atoms with Gasteiger partial charge in [-0.2, -0.15) is 0 Å². The Morgan fingerprint density at radius 3 is 2.33 bits per heavy atom. The lowest BCUT2D eigenvalue weighted by Crippen LogP contribution is -2.23. The molecule has 0 aliphatic heterocycles. The van der Waals surface area contributed by atoms with Crippen LogP contribution in [0.3, 0.4) is 0 Å². The Labute approximate surface area is 73.1 Å². The molecule has 1 unspecified atom stereocenters. The minimum atomic E-state index is -3.39. The fourth-order valence-corrected chi connectivity index (χ4v) is 1.15. The summed E-state index contributed by atoms with van der Waals surface area (Å²) in [6.07, 6.45) is 0.106. The molecule has 74 valence electrons. The van der Waals surface area contributed by atoms with Gasteiger partial charge in [0.05, 0.1) is 13.2 Å². The van der Waals surface area contributed by atoms with E-state index in [2.05, 4.69) is 0 Å². The first kappa shape index (κ1) is 12.1. The SMILES string of the molecule is CCP(=O)(O)OCC(C)(C)CO. The summed E-state index contributed by atoms with van der Waals surface area (Å²) >= 11 is 0. The summed E-state index contributed by atoms with van der Waals surface area (Å²) in [5, 5.41) is 8.81. The molecule has 12 heavy (non-hydrogen) atoms. The van der Waals surface area contributed by atoms with Crippen LogP contribution in [0, 0.1) is 5.41 Å². The Balaban J connectivity index is 3.91. The van der Waals surface area contributed by atoms with Crippen LogP contribution in [0.25, 0.3) is 0 Å². The second-order valence-electron chi connectivity index (χ2n) is 3.55. The zero-order chi connectivity index (χ0) is 9.83. The fraction of sp³-hybridized carbons (Fsp3) is 1.00. The van der Waals surface area contributed by atoms with E-state index in [1.807, 2.05) is 0 Å². The standard InChI is InChI=1S/C7H17O4P/c1-4-12(9,10)11-6-7(2,3)5-8/h8H,4-6H2,1-3H3,(H,9,10). The first-order valence-corrected chi connectivity index (χ1v) is 5.66. The first-order valence-electron chi connectivity index (χ1n) is 3.90. The molecule has 0 fully saturated rings. The van der Waals surface area contributed by atoms with E-state index in [1.165, 1.54) is 0 Å². The van der Waals surface area contributed by atoms with Crippen molar-refractivity contribution < 1.29 is 19.1 Å². The molecule has 0 aliphatic rings. The molecule has 1 atom stereocenters. The molecule has 0 amide bonds. The fourth-order valence-electron chi connectivity index (χ4n) is 0.413. The maximum absolute atomic E-state index is 11.0. The average molecular weight is 196 g/mol. The normalized spacial score (nSPS) is 17.4. The summed E-state index contributed by atoms with van der Waals surface area (Å²) in [5.41, 5.74) is -0.451. The maximum Gasteiger partial charge on any atom is 0.327 e. The Morgan fingerprint density at radius 1 is 1.50 bits per heavy atom. The van der Waals surface area contributed by atoms with Crippen molar-refractivity contribution in [2.45, 2.75) is 20.8 Å². The van der Waals surface area contributed by atoms with Gasteiger partial charge in [-0.1, -0.05) is 20.8 Å². The van der Waals surface area contributed by atoms with Crippen molar-refractivity contribution in [1.29, 1.82) is 0 Å². The smallest absolute Gasteiger partial charge is 0.327 e. The van der Waals surface area contributed by atoms with Crippen LogP contribution in [0.15, 0.2) is 0 Å². The van der Waals surface area contributed by atoms with Crippen molar-refractivity contribution in [3.05, 3.63) is 0 Å². The van der Waals surface area contributed by atoms with Gasteiger partial charge in [0, 0.05) is 11.6 Å². The summed E-state index contributed by atoms with van der Waals surface area (Å²) in [7, 11) is -3.39. The molecule has 0 saturated heterocycles. The molecule has 0 aromatic heterocycles. The third-order valence-electron chi connectivity index (χ3n) is 1.48. The predicted octanol–water partition coefficient (Wildman–Crippen LogP) is 1.23. The molecular formula is C7H17O4P. The Bertz CT molecular complexity index is 178. The number of aliphatic hydroxyl groups is 1. The van der Waals surface area contributed by atoms with Gasteiger partial charge in [0.25, 0.3) is 0 Å². The Hall–Kier alpha value is 0.110. The lowest BCUT2D eigenvalue weighted by Gasteiger charge is -2.22. The summed E-state index contributed by atoms with van der Waals surface area (Å²) in [6, 6.07) is 0. The van der Waals surface area contributed by atoms with Crippen molar-refractivity contribution in [2.75, 3.05) is 19.4 Å². The van der Waals surface area contributed by atoms with Crippen LogP contribution in [-0.2, 0) is 9.09 Å². The topological polar surface area (TPSA) is 66.8 Å². The zero-order valence-corrected chi connectivity index (χ0v) is 8.67. The van der Waals surface area contributed by atoms with Gasteiger partial charge in [-0.15, -0.1) is 0 Å². The van der Waals surface area contributed by atoms with E-state index < -0.39 is 13.0 Å². The van der Waals surface area contributed by atoms with E-state index in [-0.39, 0.29) is 19.4 Å². The van der Waals surface area contributed by atoms with E-state index >= 15 is 0 Å². The highest BCUT2D eigenvalue weighted by atomic mass is 31.2. The quantitative estimate of drug-likeness (QED) is 0.649. The van der Waals surface area contributed by atoms with E-state index in [0.29, 0.717) is 0 Å². The molecule has 0 aliphatic carbocycles. The van der Waals surface area contributed by atoms with E-state index in [4.69, 9.17) is 14.5 Å². The van der Waals surface area contributed by atoms with E-state index in [9.17, 15) is 4.57 Å². The van der Waals surface area contributed by atoms with Gasteiger partial charge in [-0.05, 0) is 0 Å². The molecule has 0 aromatic rings. The average Bonchev–Trinajstić information content (AvgIpc) is 2.02. The number of rotatable bonds is 5. The van der Waals surface area contributed by atoms with Crippen molar-refractivity contribution in [3.63, 3.8) is 0 Å². The first-order chi connectivity index (χ1) is 5.33. The highest BCUT2D eigenvalue weighted by Crippen LogP contribution is 2.42. The van der Waals surface area contributed by atoms with Gasteiger partial charge in [0.2, 0.25) is 0 Å². The van der Waals surface area contributed by atoms with Gasteiger partial charge in [0.15, 0.2) is 0 Å². The van der Waals surface area contributed by atoms with Crippen LogP contribution in [0.4, 0.5) is 0 Å². The van der Waals surface area contributed by atoms with Crippen LogP contribution in [-0.4, -0.2) is 29.4 Å². The second kappa shape index (κ2) is 4.38. The van der Waals surface area contributed by atoms with Gasteiger partial charge < -0.3 is 14.5 Å². The Morgan fingerprint density at radius 2 is 2.00 bits per heavy atom. The minimum absolute atomic E-state index is 0.0588. The maximum atomic E-state index is 11.0. The number of hydrogen-bond acceptors (Lipinski definition) is 3. The van der Waals surface area contributed by atoms with Crippen molar-refractivity contribution in [3.8, 4) is 0 Å². The van der Waals surface area contributed by atoms with Crippen molar-refractivity contribution in [1.82, 2.24) is 0 Å². The lowest BCUT2D eigenvalue weighted by atomic mass is 9.97. The monoisotopic (exact) mass is 196 g/mol. The third-order valence-corrected chi connectivity index (χ3v) is 2.82. The molecule has 0 radical (unpaired) electrons. The van der Waals surface area contributed by atoms with Crippen molar-refractivity contribution in [2.24, 2.45) is 5.41 Å². The summed E-state index contributed by atoms with van der Waals surface area (Å²) in [4.78, 5) is 9.03. The molecule has 4 nitrogen and oxygen atoms in total. The molecule has 0 bridgehead atoms. The van der Waals surface area contributed by atoms with E-state index in [0.717, 1.165) is 0 Å². The number of aliphatic hydroxyl groups excluding tert-OH is 1. The summed E-state index contributed by atoms with van der Waals surface area (Å²) in [5.74, 6) is 0. The van der Waals surface area contributed by atoms with Crippen LogP contribution < -0.4 is 0 Å². The summed E-state index contributed by atoms with van der Waals surface area (Å²) < 4.78 is 15.8. The Kier molecular flexibility index (Phi) is 4.42. The molecule has 0 saturated carbocycles. The molecule has 5 heteroatoms. The van der Waals surface area contributed by atoms with Crippen LogP contribution in [0.1, 0.15) is 20.8 Å². The largest absolute Gasteiger partial charge is 0.396 e. The third kappa shape index (κ3) is 4.88. The van der Waals surface area contributed by atoms with Gasteiger partial charge >= 0.3 is 7.60 Å².